The van der Waals surface area contributed by atoms with Crippen LogP contribution in [-0.2, 0) is 0 Å². The van der Waals surface area contributed by atoms with Crippen molar-refractivity contribution in [2.75, 3.05) is 0 Å². The average Bonchev–Trinajstić information content (AvgIpc) is 0.811. The smallest absolute Gasteiger partial charge is 0.112 e. The van der Waals surface area contributed by atoms with Crippen LogP contribution in [0.15, 0.2) is 0 Å². The fraction of sp³-hybridized carbons (Fsp3) is 0. The third-order valence-corrected chi connectivity index (χ3v) is 0. The second-order valence-corrected chi connectivity index (χ2v) is 5.79. The van der Waals surface area contributed by atoms with E-state index >= 15 is 0 Å². The van der Waals surface area contributed by atoms with Gasteiger partial charge in [0, 0.05) is 0 Å². The molecular weight excluding hydrogens is 134 g/mol. The van der Waals surface area contributed by atoms with Crippen LogP contribution in [0.3, 0.4) is 0 Å². The van der Waals surface area contributed by atoms with Crippen molar-refractivity contribution in [1.82, 2.24) is 0 Å². The molecule has 0 fully saturated rings. The summed E-state index contributed by atoms with van der Waals surface area (Å²) in [5, 5.41) is 0. The predicted molar refractivity (Wildman–Crippen MR) is 23.3 cm³/mol. The SMILES string of the molecule is Cl[Si+](Cl)Cl. The van der Waals surface area contributed by atoms with Crippen molar-refractivity contribution in [2.45, 2.75) is 0 Å². The molecule has 4 heteroatoms. The van der Waals surface area contributed by atoms with Crippen LogP contribution in [0.2, 0.25) is 0 Å². The van der Waals surface area contributed by atoms with Gasteiger partial charge in [0.2, 0.25) is 0 Å². The lowest BCUT2D eigenvalue weighted by atomic mass is 27.7. The van der Waals surface area contributed by atoms with E-state index in [1.165, 1.54) is 0 Å². The van der Waals surface area contributed by atoms with E-state index in [4.69, 9.17) is 33.2 Å². The Bertz CT molecular complexity index is 8.00. The molecule has 0 aromatic rings. The van der Waals surface area contributed by atoms with E-state index in [-0.39, 0.29) is 0 Å². The van der Waals surface area contributed by atoms with Gasteiger partial charge < -0.3 is 0 Å². The summed E-state index contributed by atoms with van der Waals surface area (Å²) in [6.45, 7) is -1.46. The molecule has 0 aliphatic rings. The van der Waals surface area contributed by atoms with Crippen molar-refractivity contribution in [1.29, 1.82) is 0 Å². The quantitative estimate of drug-likeness (QED) is 0.349. The van der Waals surface area contributed by atoms with E-state index < -0.39 is 6.73 Å². The summed E-state index contributed by atoms with van der Waals surface area (Å²) in [7, 11) is 0. The minimum atomic E-state index is -1.46. The van der Waals surface area contributed by atoms with Crippen LogP contribution in [0.4, 0.5) is 0 Å². The van der Waals surface area contributed by atoms with Gasteiger partial charge in [-0.15, -0.1) is 0 Å². The van der Waals surface area contributed by atoms with Crippen LogP contribution in [0.1, 0.15) is 0 Å². The van der Waals surface area contributed by atoms with Crippen molar-refractivity contribution >= 4 is 40.0 Å². The fourth-order valence-corrected chi connectivity index (χ4v) is 0. The van der Waals surface area contributed by atoms with Crippen LogP contribution in [0.5, 0.6) is 0 Å². The molecule has 0 spiro atoms. The molecule has 0 unspecified atom stereocenters. The van der Waals surface area contributed by atoms with Gasteiger partial charge in [-0.2, -0.15) is 0 Å². The predicted octanol–water partition coefficient (Wildman–Crippen LogP) is 1.69. The van der Waals surface area contributed by atoms with Crippen molar-refractivity contribution in [3.05, 3.63) is 0 Å². The Hall–Kier alpha value is 1.09. The molecule has 0 heterocycles. The number of halogens is 3. The summed E-state index contributed by atoms with van der Waals surface area (Å²) in [5.74, 6) is 0. The Morgan fingerprint density at radius 1 is 1.00 bits per heavy atom. The molecule has 24 valence electrons. The van der Waals surface area contributed by atoms with E-state index in [9.17, 15) is 0 Å². The Labute approximate surface area is 40.4 Å². The van der Waals surface area contributed by atoms with Crippen LogP contribution < -0.4 is 0 Å². The number of hydrogen-bond acceptors (Lipinski definition) is 0. The number of rotatable bonds is 0. The molecule has 0 amide bonds. The molecule has 0 aromatic heterocycles. The van der Waals surface area contributed by atoms with Crippen LogP contribution in [0, 0.1) is 0 Å². The Morgan fingerprint density at radius 3 is 1.00 bits per heavy atom. The molecule has 0 saturated heterocycles. The van der Waals surface area contributed by atoms with Crippen LogP contribution in [0.25, 0.3) is 0 Å². The Kier molecular flexibility index (Phi) is 2.97. The minimum absolute atomic E-state index is 1.46. The minimum Gasteiger partial charge on any atom is 0.112 e. The molecule has 0 bridgehead atoms. The molecular formula is Cl3Si+. The summed E-state index contributed by atoms with van der Waals surface area (Å²) in [6, 6.07) is 0. The van der Waals surface area contributed by atoms with E-state index in [1.807, 2.05) is 0 Å². The highest BCUT2D eigenvalue weighted by Gasteiger charge is 2.14. The van der Waals surface area contributed by atoms with Crippen LogP contribution >= 0.6 is 33.2 Å². The third-order valence-electron chi connectivity index (χ3n) is 0. The van der Waals surface area contributed by atoms with Crippen molar-refractivity contribution in [3.8, 4) is 0 Å². The van der Waals surface area contributed by atoms with Crippen molar-refractivity contribution < 1.29 is 0 Å². The molecule has 0 saturated carbocycles. The van der Waals surface area contributed by atoms with E-state index in [0.29, 0.717) is 0 Å². The Balaban J connectivity index is 2.32. The third kappa shape index (κ3) is 11.4. The molecule has 0 radical (unpaired) electrons. The highest BCUT2D eigenvalue weighted by molar-refractivity contribution is 7.54. The summed E-state index contributed by atoms with van der Waals surface area (Å²) in [5.41, 5.74) is 0. The zero-order valence-electron chi connectivity index (χ0n) is 1.63. The van der Waals surface area contributed by atoms with E-state index in [2.05, 4.69) is 0 Å². The summed E-state index contributed by atoms with van der Waals surface area (Å²) in [4.78, 5) is 0. The first kappa shape index (κ1) is 5.09. The van der Waals surface area contributed by atoms with Gasteiger partial charge in [0.15, 0.2) is 0 Å². The van der Waals surface area contributed by atoms with Crippen LogP contribution in [-0.4, -0.2) is 6.73 Å². The van der Waals surface area contributed by atoms with Gasteiger partial charge in [0.1, 0.15) is 33.2 Å². The number of hydrogen-bond donors (Lipinski definition) is 0. The molecule has 0 aliphatic carbocycles. The molecule has 0 rings (SSSR count). The maximum Gasteiger partial charge on any atom is 0.663 e. The molecule has 0 nitrogen and oxygen atoms in total. The molecule has 0 N–H and O–H groups in total. The zero-order chi connectivity index (χ0) is 3.58. The first-order valence-corrected chi connectivity index (χ1v) is 5.10. The lowest BCUT2D eigenvalue weighted by molar-refractivity contribution is 4.07. The van der Waals surface area contributed by atoms with Gasteiger partial charge in [0.05, 0.1) is 0 Å². The summed E-state index contributed by atoms with van der Waals surface area (Å²) in [6.07, 6.45) is 0. The maximum atomic E-state index is 4.91. The normalized spacial score (nSPS) is 6.75. The first-order valence-electron chi connectivity index (χ1n) is 0.567. The van der Waals surface area contributed by atoms with Gasteiger partial charge >= 0.3 is 6.73 Å². The summed E-state index contributed by atoms with van der Waals surface area (Å²) >= 11 is 14.7. The van der Waals surface area contributed by atoms with Crippen molar-refractivity contribution in [3.63, 3.8) is 0 Å². The molecule has 0 aromatic carbocycles. The maximum absolute atomic E-state index is 4.91. The second kappa shape index (κ2) is 2.33. The van der Waals surface area contributed by atoms with Gasteiger partial charge in [-0.05, 0) is 0 Å². The van der Waals surface area contributed by atoms with Gasteiger partial charge in [-0.25, -0.2) is 0 Å². The lowest BCUT2D eigenvalue weighted by Crippen LogP contribution is -1.66. The van der Waals surface area contributed by atoms with Gasteiger partial charge in [-0.1, -0.05) is 0 Å². The second-order valence-electron chi connectivity index (χ2n) is 0.214. The van der Waals surface area contributed by atoms with Crippen molar-refractivity contribution in [2.24, 2.45) is 0 Å². The van der Waals surface area contributed by atoms with E-state index in [1.54, 1.807) is 0 Å². The molecule has 4 heavy (non-hydrogen) atoms. The zero-order valence-corrected chi connectivity index (χ0v) is 4.90. The molecule has 0 atom stereocenters. The first-order chi connectivity index (χ1) is 1.73. The van der Waals surface area contributed by atoms with E-state index in [0.717, 1.165) is 0 Å². The monoisotopic (exact) mass is 133 g/mol. The fourth-order valence-electron chi connectivity index (χ4n) is 0. The summed E-state index contributed by atoms with van der Waals surface area (Å²) < 4.78 is 0. The topological polar surface area (TPSA) is 0 Å². The molecule has 0 aliphatic heterocycles. The highest BCUT2D eigenvalue weighted by Crippen LogP contribution is 1.97. The average molecular weight is 134 g/mol. The van der Waals surface area contributed by atoms with Gasteiger partial charge in [0.25, 0.3) is 0 Å². The lowest BCUT2D eigenvalue weighted by Gasteiger charge is -1.36. The van der Waals surface area contributed by atoms with Gasteiger partial charge in [-0.3, -0.25) is 0 Å². The highest BCUT2D eigenvalue weighted by atomic mass is 35.8. The Morgan fingerprint density at radius 2 is 1.00 bits per heavy atom. The standard InChI is InChI=1S/Cl3Si/c1-4(2)3/q+1. The largest absolute Gasteiger partial charge is 0.663 e.